The molecule has 3 aromatic heterocycles. The summed E-state index contributed by atoms with van der Waals surface area (Å²) in [6.45, 7) is 2.56. The second kappa shape index (κ2) is 7.79. The summed E-state index contributed by atoms with van der Waals surface area (Å²) in [6, 6.07) is 9.50. The van der Waals surface area contributed by atoms with Gasteiger partial charge in [0.2, 0.25) is 5.91 Å². The van der Waals surface area contributed by atoms with E-state index < -0.39 is 0 Å². The summed E-state index contributed by atoms with van der Waals surface area (Å²) in [4.78, 5) is 20.7. The van der Waals surface area contributed by atoms with E-state index >= 15 is 0 Å². The van der Waals surface area contributed by atoms with Crippen molar-refractivity contribution in [2.75, 3.05) is 12.3 Å². The van der Waals surface area contributed by atoms with Crippen LogP contribution in [-0.2, 0) is 11.2 Å². The number of fused-ring (bicyclic) bond motifs is 2. The Kier molecular flexibility index (Phi) is 5.06. The minimum absolute atomic E-state index is 0.0291. The van der Waals surface area contributed by atoms with Crippen LogP contribution in [0.5, 0.6) is 0 Å². The van der Waals surface area contributed by atoms with Crippen LogP contribution >= 0.6 is 11.8 Å². The van der Waals surface area contributed by atoms with Gasteiger partial charge in [-0.1, -0.05) is 23.9 Å². The Labute approximate surface area is 160 Å². The van der Waals surface area contributed by atoms with Gasteiger partial charge in [0.25, 0.3) is 5.22 Å². The number of aryl methyl sites for hydroxylation is 2. The van der Waals surface area contributed by atoms with Crippen molar-refractivity contribution in [1.29, 1.82) is 0 Å². The number of amides is 1. The van der Waals surface area contributed by atoms with Crippen LogP contribution in [0.3, 0.4) is 0 Å². The third-order valence-corrected chi connectivity index (χ3v) is 4.88. The molecular formula is C19H19N5O2S. The number of rotatable bonds is 7. The first kappa shape index (κ1) is 17.5. The van der Waals surface area contributed by atoms with Crippen molar-refractivity contribution in [3.63, 3.8) is 0 Å². The maximum Gasteiger partial charge on any atom is 0.257 e. The smallest absolute Gasteiger partial charge is 0.257 e. The molecule has 27 heavy (non-hydrogen) atoms. The zero-order chi connectivity index (χ0) is 18.6. The maximum absolute atomic E-state index is 12.0. The summed E-state index contributed by atoms with van der Waals surface area (Å²) in [5, 5.41) is 7.81. The quantitative estimate of drug-likeness (QED) is 0.391. The van der Waals surface area contributed by atoms with Gasteiger partial charge in [-0.05, 0) is 37.5 Å². The molecule has 3 heterocycles. The van der Waals surface area contributed by atoms with Crippen LogP contribution in [0.25, 0.3) is 16.7 Å². The van der Waals surface area contributed by atoms with Crippen LogP contribution < -0.4 is 5.32 Å². The van der Waals surface area contributed by atoms with E-state index in [-0.39, 0.29) is 11.7 Å². The molecule has 1 aromatic carbocycles. The zero-order valence-electron chi connectivity index (χ0n) is 14.9. The Morgan fingerprint density at radius 1 is 1.33 bits per heavy atom. The van der Waals surface area contributed by atoms with Gasteiger partial charge in [-0.2, -0.15) is 5.10 Å². The first-order chi connectivity index (χ1) is 13.2. The zero-order valence-corrected chi connectivity index (χ0v) is 15.7. The number of carbonyl (C=O) groups excluding carboxylic acids is 1. The minimum atomic E-state index is -0.0291. The van der Waals surface area contributed by atoms with E-state index in [1.54, 1.807) is 4.52 Å². The number of benzene rings is 1. The fraction of sp³-hybridized carbons (Fsp3) is 0.263. The normalized spacial score (nSPS) is 11.3. The average molecular weight is 381 g/mol. The van der Waals surface area contributed by atoms with Gasteiger partial charge in [-0.15, -0.1) is 0 Å². The van der Waals surface area contributed by atoms with Gasteiger partial charge in [0.15, 0.2) is 11.2 Å². The highest BCUT2D eigenvalue weighted by Gasteiger charge is 2.09. The number of aromatic nitrogens is 4. The van der Waals surface area contributed by atoms with Crippen LogP contribution in [0.1, 0.15) is 17.7 Å². The minimum Gasteiger partial charge on any atom is -0.431 e. The first-order valence-corrected chi connectivity index (χ1v) is 9.72. The van der Waals surface area contributed by atoms with E-state index in [0.29, 0.717) is 11.8 Å². The van der Waals surface area contributed by atoms with Crippen molar-refractivity contribution in [3.05, 3.63) is 54.0 Å². The summed E-state index contributed by atoms with van der Waals surface area (Å²) in [5.41, 5.74) is 4.43. The number of thioether (sulfide) groups is 1. The van der Waals surface area contributed by atoms with E-state index in [4.69, 9.17) is 4.42 Å². The van der Waals surface area contributed by atoms with E-state index in [9.17, 15) is 4.79 Å². The highest BCUT2D eigenvalue weighted by atomic mass is 32.2. The molecule has 1 N–H and O–H groups in total. The first-order valence-electron chi connectivity index (χ1n) is 8.73. The van der Waals surface area contributed by atoms with Crippen molar-refractivity contribution in [2.24, 2.45) is 0 Å². The van der Waals surface area contributed by atoms with Crippen LogP contribution in [0.4, 0.5) is 0 Å². The lowest BCUT2D eigenvalue weighted by molar-refractivity contribution is -0.118. The number of hydrogen-bond acceptors (Lipinski definition) is 6. The molecule has 138 valence electrons. The SMILES string of the molecule is Cc1cc2ncc(CCCNC(=O)CSc3nc4ccccc4o3)cn2n1. The van der Waals surface area contributed by atoms with Gasteiger partial charge in [0.05, 0.1) is 11.4 Å². The molecule has 0 spiro atoms. The standard InChI is InChI=1S/C19H19N5O2S/c1-13-9-17-21-10-14(11-24(17)23-13)5-4-8-20-18(25)12-27-19-22-15-6-2-3-7-16(15)26-19/h2-3,6-7,9-11H,4-5,8,12H2,1H3,(H,20,25). The monoisotopic (exact) mass is 381 g/mol. The van der Waals surface area contributed by atoms with Crippen molar-refractivity contribution in [1.82, 2.24) is 24.9 Å². The number of para-hydroxylation sites is 2. The molecule has 0 saturated carbocycles. The van der Waals surface area contributed by atoms with Crippen LogP contribution in [0, 0.1) is 6.92 Å². The lowest BCUT2D eigenvalue weighted by Crippen LogP contribution is -2.26. The Balaban J connectivity index is 1.20. The molecule has 0 saturated heterocycles. The van der Waals surface area contributed by atoms with Gasteiger partial charge in [0.1, 0.15) is 5.52 Å². The Morgan fingerprint density at radius 3 is 3.11 bits per heavy atom. The van der Waals surface area contributed by atoms with E-state index in [2.05, 4.69) is 20.4 Å². The van der Waals surface area contributed by atoms with Crippen LogP contribution in [0.15, 0.2) is 52.4 Å². The number of nitrogens with zero attached hydrogens (tertiary/aromatic N) is 4. The maximum atomic E-state index is 12.0. The highest BCUT2D eigenvalue weighted by molar-refractivity contribution is 7.99. The number of carbonyl (C=O) groups is 1. The van der Waals surface area contributed by atoms with E-state index in [1.807, 2.05) is 49.6 Å². The summed E-state index contributed by atoms with van der Waals surface area (Å²) >= 11 is 1.30. The fourth-order valence-corrected chi connectivity index (χ4v) is 3.44. The van der Waals surface area contributed by atoms with Crippen molar-refractivity contribution in [2.45, 2.75) is 25.0 Å². The molecule has 4 rings (SSSR count). The van der Waals surface area contributed by atoms with E-state index in [1.165, 1.54) is 11.8 Å². The van der Waals surface area contributed by atoms with Crippen LogP contribution in [0.2, 0.25) is 0 Å². The summed E-state index contributed by atoms with van der Waals surface area (Å²) in [7, 11) is 0. The van der Waals surface area contributed by atoms with Crippen LogP contribution in [-0.4, -0.2) is 37.8 Å². The van der Waals surface area contributed by atoms with Gasteiger partial charge >= 0.3 is 0 Å². The van der Waals surface area contributed by atoms with Gasteiger partial charge < -0.3 is 9.73 Å². The molecule has 0 atom stereocenters. The molecule has 0 aliphatic rings. The molecule has 0 bridgehead atoms. The fourth-order valence-electron chi connectivity index (χ4n) is 2.77. The molecule has 0 radical (unpaired) electrons. The lowest BCUT2D eigenvalue weighted by Gasteiger charge is -2.04. The lowest BCUT2D eigenvalue weighted by atomic mass is 10.2. The molecule has 0 aliphatic heterocycles. The summed E-state index contributed by atoms with van der Waals surface area (Å²) < 4.78 is 7.39. The van der Waals surface area contributed by atoms with Crippen molar-refractivity contribution < 1.29 is 9.21 Å². The molecule has 4 aromatic rings. The Bertz CT molecular complexity index is 1060. The molecule has 1 amide bonds. The predicted octanol–water partition coefficient (Wildman–Crippen LogP) is 3.02. The Hall–Kier alpha value is -2.87. The van der Waals surface area contributed by atoms with Crippen molar-refractivity contribution >= 4 is 34.4 Å². The van der Waals surface area contributed by atoms with Gasteiger partial charge in [-0.3, -0.25) is 4.79 Å². The Morgan fingerprint density at radius 2 is 2.22 bits per heavy atom. The topological polar surface area (TPSA) is 85.3 Å². The predicted molar refractivity (Wildman–Crippen MR) is 104 cm³/mol. The largest absolute Gasteiger partial charge is 0.431 e. The third-order valence-electron chi connectivity index (χ3n) is 4.05. The number of nitrogens with one attached hydrogen (secondary N) is 1. The number of hydrogen-bond donors (Lipinski definition) is 1. The third kappa shape index (κ3) is 4.28. The molecule has 8 heteroatoms. The highest BCUT2D eigenvalue weighted by Crippen LogP contribution is 2.22. The summed E-state index contributed by atoms with van der Waals surface area (Å²) in [5.74, 6) is 0.255. The molecule has 7 nitrogen and oxygen atoms in total. The van der Waals surface area contributed by atoms with Gasteiger partial charge in [-0.25, -0.2) is 14.5 Å². The van der Waals surface area contributed by atoms with E-state index in [0.717, 1.165) is 40.8 Å². The average Bonchev–Trinajstić information content (AvgIpc) is 3.25. The number of oxazole rings is 1. The summed E-state index contributed by atoms with van der Waals surface area (Å²) in [6.07, 6.45) is 5.52. The molecular weight excluding hydrogens is 362 g/mol. The van der Waals surface area contributed by atoms with Crippen molar-refractivity contribution in [3.8, 4) is 0 Å². The molecule has 0 unspecified atom stereocenters. The second-order valence-corrected chi connectivity index (χ2v) is 7.17. The molecule has 0 fully saturated rings. The van der Waals surface area contributed by atoms with Gasteiger partial charge in [0, 0.05) is 25.0 Å². The molecule has 0 aliphatic carbocycles. The second-order valence-electron chi connectivity index (χ2n) is 6.24.